The summed E-state index contributed by atoms with van der Waals surface area (Å²) in [5.41, 5.74) is -0.435. The largest absolute Gasteiger partial charge is 0.476 e. The molecule has 1 aromatic carbocycles. The van der Waals surface area contributed by atoms with E-state index in [9.17, 15) is 14.0 Å². The molecule has 1 heterocycles. The molecule has 0 saturated heterocycles. The Morgan fingerprint density at radius 2 is 2.15 bits per heavy atom. The Balaban J connectivity index is 2.40. The lowest BCUT2D eigenvalue weighted by atomic mass is 10.1. The molecule has 0 fully saturated rings. The van der Waals surface area contributed by atoms with Crippen LogP contribution in [0.3, 0.4) is 0 Å². The van der Waals surface area contributed by atoms with E-state index in [-0.39, 0.29) is 17.8 Å². The van der Waals surface area contributed by atoms with Gasteiger partial charge < -0.3 is 5.11 Å². The van der Waals surface area contributed by atoms with Crippen molar-refractivity contribution in [1.82, 2.24) is 9.78 Å². The van der Waals surface area contributed by atoms with Gasteiger partial charge in [0.15, 0.2) is 5.69 Å². The highest BCUT2D eigenvalue weighted by molar-refractivity contribution is 5.84. The van der Waals surface area contributed by atoms with Gasteiger partial charge in [0.25, 0.3) is 5.56 Å². The summed E-state index contributed by atoms with van der Waals surface area (Å²) >= 11 is 0. The fourth-order valence-electron chi connectivity index (χ4n) is 1.61. The summed E-state index contributed by atoms with van der Waals surface area (Å²) in [6.45, 7) is -0.0467. The van der Waals surface area contributed by atoms with Crippen molar-refractivity contribution < 1.29 is 14.3 Å². The molecule has 0 aliphatic rings. The molecule has 7 heteroatoms. The quantitative estimate of drug-likeness (QED) is 0.899. The molecule has 1 N–H and O–H groups in total. The topological polar surface area (TPSA) is 96.0 Å². The number of benzene rings is 1. The minimum Gasteiger partial charge on any atom is -0.476 e. The van der Waals surface area contributed by atoms with Gasteiger partial charge in [0.05, 0.1) is 12.1 Å². The molecular formula is C13H8FN3O3. The van der Waals surface area contributed by atoms with Crippen molar-refractivity contribution in [2.24, 2.45) is 0 Å². The monoisotopic (exact) mass is 273 g/mol. The number of hydrogen-bond donors (Lipinski definition) is 1. The van der Waals surface area contributed by atoms with Crippen LogP contribution in [0, 0.1) is 17.1 Å². The van der Waals surface area contributed by atoms with Crippen LogP contribution < -0.4 is 5.56 Å². The Morgan fingerprint density at radius 1 is 1.40 bits per heavy atom. The van der Waals surface area contributed by atoms with Crippen LogP contribution in [-0.2, 0) is 6.54 Å². The highest BCUT2D eigenvalue weighted by atomic mass is 19.1. The predicted molar refractivity (Wildman–Crippen MR) is 65.7 cm³/mol. The molecule has 0 atom stereocenters. The fraction of sp³-hybridized carbons (Fsp3) is 0.0769. The van der Waals surface area contributed by atoms with Crippen LogP contribution in [0.1, 0.15) is 21.6 Å². The minimum atomic E-state index is -1.25. The summed E-state index contributed by atoms with van der Waals surface area (Å²) in [4.78, 5) is 22.4. The average Bonchev–Trinajstić information content (AvgIpc) is 2.43. The summed E-state index contributed by atoms with van der Waals surface area (Å²) in [5.74, 6) is -1.91. The number of aromatic carboxylic acids is 1. The fourth-order valence-corrected chi connectivity index (χ4v) is 1.61. The maximum absolute atomic E-state index is 13.2. The average molecular weight is 273 g/mol. The van der Waals surface area contributed by atoms with E-state index in [1.807, 2.05) is 0 Å². The van der Waals surface area contributed by atoms with Gasteiger partial charge in [-0.2, -0.15) is 10.4 Å². The normalized spacial score (nSPS) is 10.0. The van der Waals surface area contributed by atoms with Crippen molar-refractivity contribution in [2.75, 3.05) is 0 Å². The van der Waals surface area contributed by atoms with E-state index in [1.165, 1.54) is 12.1 Å². The van der Waals surface area contributed by atoms with E-state index in [0.717, 1.165) is 22.9 Å². The molecule has 1 aromatic heterocycles. The summed E-state index contributed by atoms with van der Waals surface area (Å²) in [5, 5.41) is 21.2. The molecule has 0 radical (unpaired) electrons. The predicted octanol–water partition coefficient (Wildman–Crippen LogP) is 1.00. The minimum absolute atomic E-state index is 0.0467. The number of carboxylic acid groups (broad SMARTS) is 1. The Labute approximate surface area is 112 Å². The Bertz CT molecular complexity index is 777. The molecule has 6 nitrogen and oxygen atoms in total. The van der Waals surface area contributed by atoms with E-state index in [2.05, 4.69) is 5.10 Å². The number of halogens is 1. The van der Waals surface area contributed by atoms with Gasteiger partial charge in [-0.3, -0.25) is 4.79 Å². The molecule has 20 heavy (non-hydrogen) atoms. The molecule has 0 aliphatic heterocycles. The molecule has 100 valence electrons. The van der Waals surface area contributed by atoms with Crippen molar-refractivity contribution in [3.05, 3.63) is 63.3 Å². The maximum atomic E-state index is 13.2. The van der Waals surface area contributed by atoms with E-state index in [0.29, 0.717) is 5.56 Å². The zero-order valence-electron chi connectivity index (χ0n) is 10.1. The van der Waals surface area contributed by atoms with E-state index in [4.69, 9.17) is 10.4 Å². The highest BCUT2D eigenvalue weighted by Crippen LogP contribution is 2.10. The number of nitriles is 1. The molecule has 0 spiro atoms. The van der Waals surface area contributed by atoms with Gasteiger partial charge in [-0.1, -0.05) is 6.07 Å². The van der Waals surface area contributed by atoms with Gasteiger partial charge in [0, 0.05) is 6.07 Å². The Morgan fingerprint density at radius 3 is 2.80 bits per heavy atom. The van der Waals surface area contributed by atoms with Crippen molar-refractivity contribution in [3.63, 3.8) is 0 Å². The van der Waals surface area contributed by atoms with E-state index < -0.39 is 17.3 Å². The number of hydrogen-bond acceptors (Lipinski definition) is 4. The zero-order chi connectivity index (χ0) is 14.7. The first kappa shape index (κ1) is 13.4. The van der Waals surface area contributed by atoms with Crippen molar-refractivity contribution in [2.45, 2.75) is 6.54 Å². The molecule has 2 rings (SSSR count). The van der Waals surface area contributed by atoms with Crippen molar-refractivity contribution in [1.29, 1.82) is 5.26 Å². The van der Waals surface area contributed by atoms with Crippen LogP contribution in [0.4, 0.5) is 4.39 Å². The lowest BCUT2D eigenvalue weighted by molar-refractivity contribution is 0.0687. The van der Waals surface area contributed by atoms with E-state index >= 15 is 0 Å². The van der Waals surface area contributed by atoms with Crippen LogP contribution in [0.15, 0.2) is 35.1 Å². The van der Waals surface area contributed by atoms with Gasteiger partial charge >= 0.3 is 5.97 Å². The summed E-state index contributed by atoms with van der Waals surface area (Å²) < 4.78 is 14.1. The van der Waals surface area contributed by atoms with Crippen molar-refractivity contribution >= 4 is 5.97 Å². The van der Waals surface area contributed by atoms with E-state index in [1.54, 1.807) is 6.07 Å². The molecular weight excluding hydrogens is 265 g/mol. The SMILES string of the molecule is N#Cc1cc(Cn2nc(C(=O)O)ccc2=O)ccc1F. The zero-order valence-corrected chi connectivity index (χ0v) is 10.1. The number of carbonyl (C=O) groups is 1. The van der Waals surface area contributed by atoms with Gasteiger partial charge in [0.1, 0.15) is 11.9 Å². The number of carboxylic acids is 1. The van der Waals surface area contributed by atoms with Gasteiger partial charge in [-0.25, -0.2) is 13.9 Å². The second kappa shape index (κ2) is 5.32. The molecule has 0 saturated carbocycles. The lowest BCUT2D eigenvalue weighted by Crippen LogP contribution is -2.24. The van der Waals surface area contributed by atoms with Crippen LogP contribution >= 0.6 is 0 Å². The molecule has 2 aromatic rings. The summed E-state index contributed by atoms with van der Waals surface area (Å²) in [6.07, 6.45) is 0. The standard InChI is InChI=1S/C13H8FN3O3/c14-10-2-1-8(5-9(10)6-15)7-17-12(18)4-3-11(16-17)13(19)20/h1-5H,7H2,(H,19,20). The first-order valence-corrected chi connectivity index (χ1v) is 5.51. The lowest BCUT2D eigenvalue weighted by Gasteiger charge is -2.06. The first-order valence-electron chi connectivity index (χ1n) is 5.51. The third kappa shape index (κ3) is 2.70. The first-order chi connectivity index (χ1) is 9.51. The maximum Gasteiger partial charge on any atom is 0.356 e. The van der Waals surface area contributed by atoms with Crippen LogP contribution in [0.5, 0.6) is 0 Å². The third-order valence-electron chi connectivity index (χ3n) is 2.57. The third-order valence-corrected chi connectivity index (χ3v) is 2.57. The number of nitrogens with zero attached hydrogens (tertiary/aromatic N) is 3. The van der Waals surface area contributed by atoms with Crippen LogP contribution in [0.25, 0.3) is 0 Å². The van der Waals surface area contributed by atoms with Crippen LogP contribution in [0.2, 0.25) is 0 Å². The Hall–Kier alpha value is -3.01. The van der Waals surface area contributed by atoms with Gasteiger partial charge in [-0.05, 0) is 23.8 Å². The second-order valence-electron chi connectivity index (χ2n) is 3.95. The number of aromatic nitrogens is 2. The van der Waals surface area contributed by atoms with Crippen molar-refractivity contribution in [3.8, 4) is 6.07 Å². The Kier molecular flexibility index (Phi) is 3.57. The smallest absolute Gasteiger partial charge is 0.356 e. The summed E-state index contributed by atoms with van der Waals surface area (Å²) in [6, 6.07) is 7.68. The summed E-state index contributed by atoms with van der Waals surface area (Å²) in [7, 11) is 0. The van der Waals surface area contributed by atoms with Gasteiger partial charge in [-0.15, -0.1) is 0 Å². The molecule has 0 unspecified atom stereocenters. The second-order valence-corrected chi connectivity index (χ2v) is 3.95. The highest BCUT2D eigenvalue weighted by Gasteiger charge is 2.09. The molecule has 0 bridgehead atoms. The number of rotatable bonds is 3. The molecule has 0 aliphatic carbocycles. The molecule has 0 amide bonds. The van der Waals surface area contributed by atoms with Gasteiger partial charge in [0.2, 0.25) is 0 Å². The van der Waals surface area contributed by atoms with Crippen LogP contribution in [-0.4, -0.2) is 20.9 Å².